The zero-order valence-electron chi connectivity index (χ0n) is 24.1. The molecule has 5 rings (SSSR count). The first-order valence-electron chi connectivity index (χ1n) is 14.3. The second kappa shape index (κ2) is 10.7. The molecule has 0 saturated heterocycles. The summed E-state index contributed by atoms with van der Waals surface area (Å²) in [4.78, 5) is 27.1. The lowest BCUT2D eigenvalue weighted by Crippen LogP contribution is -2.43. The van der Waals surface area contributed by atoms with Gasteiger partial charge in [0.15, 0.2) is 5.69 Å². The van der Waals surface area contributed by atoms with E-state index in [2.05, 4.69) is 18.9 Å². The Morgan fingerprint density at radius 3 is 2.36 bits per heavy atom. The van der Waals surface area contributed by atoms with E-state index in [1.807, 2.05) is 0 Å². The standard InChI is InChI=1S/C30H37ClF3N3O5/c1-28(2)19-12-17(13-20(19)28)36(15-22(38)24-21(31)6-5-7-23(24)42-4)26(39)18-14-35-37(25(18)30(32,33)34)16-8-10-29(3,11-9-16)27(40)41/h5-7,14,16-17,19-20,22,38H,8-13,15H2,1-4H3,(H,40,41)/t16?,17?,19-,20+,22-,29?/m0/s1. The minimum Gasteiger partial charge on any atom is -0.496 e. The second-order valence-corrected chi connectivity index (χ2v) is 13.3. The molecule has 1 unspecified atom stereocenters. The number of fused-ring (bicyclic) bond motifs is 1. The van der Waals surface area contributed by atoms with Crippen molar-refractivity contribution < 1.29 is 37.7 Å². The van der Waals surface area contributed by atoms with Crippen LogP contribution >= 0.6 is 11.6 Å². The van der Waals surface area contributed by atoms with Gasteiger partial charge in [-0.3, -0.25) is 14.3 Å². The fraction of sp³-hybridized carbons (Fsp3) is 0.633. The number of rotatable bonds is 8. The summed E-state index contributed by atoms with van der Waals surface area (Å²) in [5.41, 5.74) is -2.35. The highest BCUT2D eigenvalue weighted by atomic mass is 35.5. The summed E-state index contributed by atoms with van der Waals surface area (Å²) in [6.45, 7) is 5.63. The Kier molecular flexibility index (Phi) is 7.83. The lowest BCUT2D eigenvalue weighted by Gasteiger charge is -2.35. The first kappa shape index (κ1) is 30.7. The van der Waals surface area contributed by atoms with Crippen LogP contribution in [0.25, 0.3) is 0 Å². The molecule has 0 spiro atoms. The molecule has 4 atom stereocenters. The van der Waals surface area contributed by atoms with Crippen LogP contribution in [-0.4, -0.2) is 56.5 Å². The third-order valence-corrected chi connectivity index (χ3v) is 10.5. The number of methoxy groups -OCH3 is 1. The van der Waals surface area contributed by atoms with E-state index in [4.69, 9.17) is 16.3 Å². The fourth-order valence-electron chi connectivity index (χ4n) is 7.36. The number of alkyl halides is 3. The first-order chi connectivity index (χ1) is 19.6. The number of carboxylic acids is 1. The monoisotopic (exact) mass is 611 g/mol. The molecule has 2 aromatic rings. The van der Waals surface area contributed by atoms with Gasteiger partial charge in [0.2, 0.25) is 0 Å². The van der Waals surface area contributed by atoms with Gasteiger partial charge in [0.05, 0.1) is 41.9 Å². The van der Waals surface area contributed by atoms with E-state index >= 15 is 0 Å². The molecule has 3 fully saturated rings. The fourth-order valence-corrected chi connectivity index (χ4v) is 7.65. The molecule has 1 aromatic carbocycles. The Hall–Kier alpha value is -2.79. The summed E-state index contributed by atoms with van der Waals surface area (Å²) < 4.78 is 50.1. The van der Waals surface area contributed by atoms with Crippen LogP contribution in [0.3, 0.4) is 0 Å². The number of aromatic nitrogens is 2. The van der Waals surface area contributed by atoms with Crippen LogP contribution in [0.15, 0.2) is 24.4 Å². The van der Waals surface area contributed by atoms with Crippen LogP contribution in [0, 0.1) is 22.7 Å². The number of carbonyl (C=O) groups excluding carboxylic acids is 1. The van der Waals surface area contributed by atoms with E-state index in [0.717, 1.165) is 10.9 Å². The number of halogens is 4. The van der Waals surface area contributed by atoms with Crippen LogP contribution in [0.4, 0.5) is 13.2 Å². The van der Waals surface area contributed by atoms with E-state index < -0.39 is 46.9 Å². The SMILES string of the molecule is COc1cccc(Cl)c1[C@@H](O)CN(C(=O)c1cnn(C2CCC(C)(C(=O)O)CC2)c1C(F)(F)F)C1C[C@@H]2[C@H](C1)C2(C)C. The first-order valence-corrected chi connectivity index (χ1v) is 14.7. The van der Waals surface area contributed by atoms with Gasteiger partial charge >= 0.3 is 12.1 Å². The largest absolute Gasteiger partial charge is 0.496 e. The summed E-state index contributed by atoms with van der Waals surface area (Å²) >= 11 is 6.38. The number of aliphatic hydroxyl groups excluding tert-OH is 1. The summed E-state index contributed by atoms with van der Waals surface area (Å²) in [7, 11) is 1.42. The molecule has 3 aliphatic rings. The normalized spacial score (nSPS) is 29.1. The molecule has 3 aliphatic carbocycles. The van der Waals surface area contributed by atoms with E-state index in [0.29, 0.717) is 30.4 Å². The quantitative estimate of drug-likeness (QED) is 0.359. The van der Waals surface area contributed by atoms with Gasteiger partial charge in [-0.05, 0) is 74.8 Å². The number of nitrogens with zero attached hydrogens (tertiary/aromatic N) is 3. The Bertz CT molecular complexity index is 1350. The van der Waals surface area contributed by atoms with Crippen molar-refractivity contribution in [1.82, 2.24) is 14.7 Å². The summed E-state index contributed by atoms with van der Waals surface area (Å²) in [6, 6.07) is 3.80. The van der Waals surface area contributed by atoms with E-state index in [1.165, 1.54) is 12.0 Å². The predicted molar refractivity (Wildman–Crippen MR) is 148 cm³/mol. The Labute approximate surface area is 247 Å². The Morgan fingerprint density at radius 2 is 1.81 bits per heavy atom. The minimum absolute atomic E-state index is 0.114. The van der Waals surface area contributed by atoms with Crippen molar-refractivity contribution in [3.8, 4) is 5.75 Å². The van der Waals surface area contributed by atoms with Gasteiger partial charge < -0.3 is 19.8 Å². The number of aliphatic hydroxyl groups is 1. The van der Waals surface area contributed by atoms with Gasteiger partial charge in [-0.25, -0.2) is 0 Å². The molecule has 1 aromatic heterocycles. The van der Waals surface area contributed by atoms with Crippen LogP contribution in [0.1, 0.15) is 93.1 Å². The number of ether oxygens (including phenoxy) is 1. The molecule has 1 amide bonds. The van der Waals surface area contributed by atoms with E-state index in [-0.39, 0.29) is 54.3 Å². The maximum Gasteiger partial charge on any atom is 0.433 e. The zero-order valence-corrected chi connectivity index (χ0v) is 24.9. The highest BCUT2D eigenvalue weighted by Gasteiger charge is 2.63. The lowest BCUT2D eigenvalue weighted by atomic mass is 9.74. The van der Waals surface area contributed by atoms with Gasteiger partial charge in [0.1, 0.15) is 11.9 Å². The molecular formula is C30H37ClF3N3O5. The van der Waals surface area contributed by atoms with Crippen LogP contribution < -0.4 is 4.74 Å². The van der Waals surface area contributed by atoms with Gasteiger partial charge in [-0.15, -0.1) is 0 Å². The maximum absolute atomic E-state index is 14.6. The molecule has 2 N–H and O–H groups in total. The van der Waals surface area contributed by atoms with Gasteiger partial charge in [0, 0.05) is 11.6 Å². The van der Waals surface area contributed by atoms with Crippen LogP contribution in [0.5, 0.6) is 5.75 Å². The number of hydrogen-bond donors (Lipinski definition) is 2. The zero-order chi connectivity index (χ0) is 30.8. The average Bonchev–Trinajstić information content (AvgIpc) is 3.35. The molecule has 0 radical (unpaired) electrons. The van der Waals surface area contributed by atoms with Crippen molar-refractivity contribution in [2.24, 2.45) is 22.7 Å². The smallest absolute Gasteiger partial charge is 0.433 e. The number of benzene rings is 1. The summed E-state index contributed by atoms with van der Waals surface area (Å²) in [6.07, 6.45) is -3.19. The highest BCUT2D eigenvalue weighted by molar-refractivity contribution is 6.31. The topological polar surface area (TPSA) is 105 Å². The third kappa shape index (κ3) is 5.27. The maximum atomic E-state index is 14.6. The van der Waals surface area contributed by atoms with Gasteiger partial charge in [-0.2, -0.15) is 18.3 Å². The second-order valence-electron chi connectivity index (χ2n) is 12.9. The van der Waals surface area contributed by atoms with Crippen molar-refractivity contribution in [2.45, 2.75) is 83.7 Å². The Morgan fingerprint density at radius 1 is 1.19 bits per heavy atom. The molecule has 0 aliphatic heterocycles. The number of hydrogen-bond acceptors (Lipinski definition) is 5. The molecule has 1 heterocycles. The summed E-state index contributed by atoms with van der Waals surface area (Å²) in [5, 5.41) is 25.1. The average molecular weight is 612 g/mol. The van der Waals surface area contributed by atoms with Gasteiger partial charge in [0.25, 0.3) is 5.91 Å². The molecule has 12 heteroatoms. The predicted octanol–water partition coefficient (Wildman–Crippen LogP) is 6.38. The van der Waals surface area contributed by atoms with Crippen molar-refractivity contribution in [1.29, 1.82) is 0 Å². The molecule has 230 valence electrons. The number of amides is 1. The molecular weight excluding hydrogens is 575 g/mol. The number of carboxylic acid groups (broad SMARTS) is 1. The minimum atomic E-state index is -4.88. The van der Waals surface area contributed by atoms with E-state index in [9.17, 15) is 33.0 Å². The number of aliphatic carboxylic acids is 1. The molecule has 8 nitrogen and oxygen atoms in total. The van der Waals surface area contributed by atoms with E-state index in [1.54, 1.807) is 25.1 Å². The van der Waals surface area contributed by atoms with Crippen LogP contribution in [-0.2, 0) is 11.0 Å². The van der Waals surface area contributed by atoms with Crippen molar-refractivity contribution in [3.05, 3.63) is 46.2 Å². The van der Waals surface area contributed by atoms with Crippen molar-refractivity contribution >= 4 is 23.5 Å². The lowest BCUT2D eigenvalue weighted by molar-refractivity contribution is -0.152. The highest BCUT2D eigenvalue weighted by Crippen LogP contribution is 2.67. The molecule has 0 bridgehead atoms. The number of carbonyl (C=O) groups is 2. The van der Waals surface area contributed by atoms with Gasteiger partial charge in [-0.1, -0.05) is 31.5 Å². The van der Waals surface area contributed by atoms with Crippen LogP contribution in [0.2, 0.25) is 5.02 Å². The summed E-state index contributed by atoms with van der Waals surface area (Å²) in [5.74, 6) is -0.822. The third-order valence-electron chi connectivity index (χ3n) is 10.2. The van der Waals surface area contributed by atoms with Crippen molar-refractivity contribution in [2.75, 3.05) is 13.7 Å². The Balaban J connectivity index is 1.48. The molecule has 42 heavy (non-hydrogen) atoms. The molecule has 3 saturated carbocycles. The van der Waals surface area contributed by atoms with Crippen molar-refractivity contribution in [3.63, 3.8) is 0 Å².